The van der Waals surface area contributed by atoms with Crippen LogP contribution in [0.15, 0.2) is 24.3 Å². The number of hydrogen-bond acceptors (Lipinski definition) is 4. The number of para-hydroxylation sites is 1. The summed E-state index contributed by atoms with van der Waals surface area (Å²) in [6, 6.07) is 9.61. The number of imide groups is 1. The van der Waals surface area contributed by atoms with E-state index in [4.69, 9.17) is 5.26 Å². The number of nitriles is 1. The van der Waals surface area contributed by atoms with E-state index in [0.717, 1.165) is 11.3 Å². The van der Waals surface area contributed by atoms with Gasteiger partial charge in [0.25, 0.3) is 0 Å². The highest BCUT2D eigenvalue weighted by Gasteiger charge is 2.31. The minimum atomic E-state index is -0.241. The maximum Gasteiger partial charge on any atom is 0.248 e. The zero-order valence-electron chi connectivity index (χ0n) is 10.8. The van der Waals surface area contributed by atoms with Gasteiger partial charge in [-0.15, -0.1) is 0 Å². The molecule has 0 N–H and O–H groups in total. The zero-order valence-corrected chi connectivity index (χ0v) is 10.8. The molecule has 1 aliphatic heterocycles. The van der Waals surface area contributed by atoms with Crippen LogP contribution >= 0.6 is 0 Å². The van der Waals surface area contributed by atoms with Crippen LogP contribution < -0.4 is 4.90 Å². The van der Waals surface area contributed by atoms with Crippen molar-refractivity contribution in [3.63, 3.8) is 0 Å². The van der Waals surface area contributed by atoms with Gasteiger partial charge in [0.1, 0.15) is 0 Å². The van der Waals surface area contributed by atoms with Crippen molar-refractivity contribution < 1.29 is 9.59 Å². The van der Waals surface area contributed by atoms with Crippen LogP contribution in [0.4, 0.5) is 5.69 Å². The standard InChI is InChI=1S/C14H15N3O2/c1-11-5-2-3-6-12(11)16-9-13(18)17(8-4-7-15)14(19)10-16/h2-3,5-6H,4,8-10H2,1H3. The fourth-order valence-corrected chi connectivity index (χ4v) is 2.19. The molecule has 2 amide bonds. The second-order valence-corrected chi connectivity index (χ2v) is 4.49. The van der Waals surface area contributed by atoms with Crippen molar-refractivity contribution in [2.75, 3.05) is 24.5 Å². The van der Waals surface area contributed by atoms with Gasteiger partial charge in [-0.2, -0.15) is 5.26 Å². The minimum absolute atomic E-state index is 0.182. The topological polar surface area (TPSA) is 64.4 Å². The Morgan fingerprint density at radius 2 is 1.84 bits per heavy atom. The van der Waals surface area contributed by atoms with Crippen molar-refractivity contribution in [2.24, 2.45) is 0 Å². The first-order valence-electron chi connectivity index (χ1n) is 6.14. The van der Waals surface area contributed by atoms with Crippen molar-refractivity contribution in [1.82, 2.24) is 4.90 Å². The van der Waals surface area contributed by atoms with Crippen LogP contribution in [0, 0.1) is 18.3 Å². The lowest BCUT2D eigenvalue weighted by molar-refractivity contribution is -0.145. The molecule has 98 valence electrons. The SMILES string of the molecule is Cc1ccccc1N1CC(=O)N(CCC#N)C(=O)C1. The van der Waals surface area contributed by atoms with E-state index in [-0.39, 0.29) is 37.9 Å². The molecule has 1 heterocycles. The molecule has 1 fully saturated rings. The number of nitrogens with zero attached hydrogens (tertiary/aromatic N) is 3. The number of piperazine rings is 1. The highest BCUT2D eigenvalue weighted by molar-refractivity contribution is 6.02. The first-order chi connectivity index (χ1) is 9.13. The van der Waals surface area contributed by atoms with Crippen LogP contribution in [0.2, 0.25) is 0 Å². The van der Waals surface area contributed by atoms with E-state index in [1.807, 2.05) is 37.3 Å². The van der Waals surface area contributed by atoms with Gasteiger partial charge < -0.3 is 4.90 Å². The molecule has 1 aliphatic rings. The molecular formula is C14H15N3O2. The summed E-state index contributed by atoms with van der Waals surface area (Å²) in [6.45, 7) is 2.51. The van der Waals surface area contributed by atoms with Gasteiger partial charge >= 0.3 is 0 Å². The fraction of sp³-hybridized carbons (Fsp3) is 0.357. The number of carbonyl (C=O) groups is 2. The molecule has 0 atom stereocenters. The monoisotopic (exact) mass is 257 g/mol. The van der Waals surface area contributed by atoms with Crippen LogP contribution in [0.5, 0.6) is 0 Å². The first-order valence-corrected chi connectivity index (χ1v) is 6.14. The van der Waals surface area contributed by atoms with E-state index < -0.39 is 0 Å². The third-order valence-electron chi connectivity index (χ3n) is 3.16. The Balaban J connectivity index is 2.14. The van der Waals surface area contributed by atoms with Crippen molar-refractivity contribution in [3.8, 4) is 6.07 Å². The van der Waals surface area contributed by atoms with E-state index in [1.54, 1.807) is 4.90 Å². The number of anilines is 1. The highest BCUT2D eigenvalue weighted by Crippen LogP contribution is 2.21. The van der Waals surface area contributed by atoms with Crippen LogP contribution in [-0.2, 0) is 9.59 Å². The molecule has 0 aromatic heterocycles. The molecule has 1 aromatic rings. The molecule has 1 aromatic carbocycles. The number of carbonyl (C=O) groups excluding carboxylic acids is 2. The van der Waals surface area contributed by atoms with E-state index in [0.29, 0.717) is 0 Å². The number of hydrogen-bond donors (Lipinski definition) is 0. The second kappa shape index (κ2) is 5.53. The Labute approximate surface area is 112 Å². The molecule has 0 bridgehead atoms. The van der Waals surface area contributed by atoms with E-state index in [9.17, 15) is 9.59 Å². The maximum atomic E-state index is 12.0. The quantitative estimate of drug-likeness (QED) is 0.760. The normalized spacial score (nSPS) is 15.6. The number of aryl methyl sites for hydroxylation is 1. The minimum Gasteiger partial charge on any atom is -0.353 e. The maximum absolute atomic E-state index is 12.0. The van der Waals surface area contributed by atoms with Gasteiger partial charge in [0, 0.05) is 12.2 Å². The first kappa shape index (κ1) is 13.1. The molecular weight excluding hydrogens is 242 g/mol. The molecule has 0 saturated carbocycles. The van der Waals surface area contributed by atoms with E-state index in [1.165, 1.54) is 4.90 Å². The van der Waals surface area contributed by atoms with E-state index in [2.05, 4.69) is 0 Å². The summed E-state index contributed by atoms with van der Waals surface area (Å²) in [5, 5.41) is 8.53. The van der Waals surface area contributed by atoms with E-state index >= 15 is 0 Å². The van der Waals surface area contributed by atoms with Gasteiger partial charge in [-0.05, 0) is 18.6 Å². The van der Waals surface area contributed by atoms with Gasteiger partial charge in [0.2, 0.25) is 11.8 Å². The molecule has 0 aliphatic carbocycles. The smallest absolute Gasteiger partial charge is 0.248 e. The van der Waals surface area contributed by atoms with Crippen LogP contribution in [0.25, 0.3) is 0 Å². The third kappa shape index (κ3) is 2.74. The number of benzene rings is 1. The Bertz CT molecular complexity index is 530. The summed E-state index contributed by atoms with van der Waals surface area (Å²) in [7, 11) is 0. The zero-order chi connectivity index (χ0) is 13.8. The molecule has 5 nitrogen and oxygen atoms in total. The van der Waals surface area contributed by atoms with Gasteiger partial charge in [-0.25, -0.2) is 0 Å². The highest BCUT2D eigenvalue weighted by atomic mass is 16.2. The van der Waals surface area contributed by atoms with Crippen molar-refractivity contribution in [2.45, 2.75) is 13.3 Å². The van der Waals surface area contributed by atoms with Crippen molar-refractivity contribution >= 4 is 17.5 Å². The third-order valence-corrected chi connectivity index (χ3v) is 3.16. The van der Waals surface area contributed by atoms with Gasteiger partial charge in [-0.3, -0.25) is 14.5 Å². The van der Waals surface area contributed by atoms with Crippen molar-refractivity contribution in [1.29, 1.82) is 5.26 Å². The Hall–Kier alpha value is -2.35. The lowest BCUT2D eigenvalue weighted by Gasteiger charge is -2.34. The lowest BCUT2D eigenvalue weighted by Crippen LogP contribution is -2.54. The van der Waals surface area contributed by atoms with Crippen LogP contribution in [-0.4, -0.2) is 36.3 Å². The fourth-order valence-electron chi connectivity index (χ4n) is 2.19. The molecule has 0 unspecified atom stereocenters. The summed E-state index contributed by atoms with van der Waals surface area (Å²) in [4.78, 5) is 26.9. The Morgan fingerprint density at radius 1 is 1.21 bits per heavy atom. The summed E-state index contributed by atoms with van der Waals surface area (Å²) in [5.41, 5.74) is 1.94. The lowest BCUT2D eigenvalue weighted by atomic mass is 10.1. The van der Waals surface area contributed by atoms with Crippen molar-refractivity contribution in [3.05, 3.63) is 29.8 Å². The molecule has 1 saturated heterocycles. The molecule has 19 heavy (non-hydrogen) atoms. The Morgan fingerprint density at radius 3 is 2.42 bits per heavy atom. The summed E-state index contributed by atoms with van der Waals surface area (Å²) < 4.78 is 0. The predicted octanol–water partition coefficient (Wildman–Crippen LogP) is 1.08. The summed E-state index contributed by atoms with van der Waals surface area (Å²) in [6.07, 6.45) is 0.182. The van der Waals surface area contributed by atoms with Gasteiger partial charge in [0.15, 0.2) is 0 Å². The molecule has 2 rings (SSSR count). The average Bonchev–Trinajstić information content (AvgIpc) is 2.38. The second-order valence-electron chi connectivity index (χ2n) is 4.49. The number of rotatable bonds is 3. The number of amides is 2. The van der Waals surface area contributed by atoms with Crippen LogP contribution in [0.1, 0.15) is 12.0 Å². The summed E-state index contributed by atoms with van der Waals surface area (Å²) >= 11 is 0. The Kier molecular flexibility index (Phi) is 3.81. The molecule has 5 heteroatoms. The molecule has 0 spiro atoms. The largest absolute Gasteiger partial charge is 0.353 e. The molecule has 0 radical (unpaired) electrons. The van der Waals surface area contributed by atoms with Crippen LogP contribution in [0.3, 0.4) is 0 Å². The van der Waals surface area contributed by atoms with Gasteiger partial charge in [0.05, 0.1) is 25.6 Å². The predicted molar refractivity (Wildman–Crippen MR) is 70.3 cm³/mol. The average molecular weight is 257 g/mol. The van der Waals surface area contributed by atoms with Gasteiger partial charge in [-0.1, -0.05) is 18.2 Å². The summed E-state index contributed by atoms with van der Waals surface area (Å²) in [5.74, 6) is -0.482.